The average molecular weight is 185 g/mol. The van der Waals surface area contributed by atoms with Crippen molar-refractivity contribution in [3.63, 3.8) is 0 Å². The second-order valence-corrected chi connectivity index (χ2v) is 3.77. The molecule has 0 aromatic rings. The Balaban J connectivity index is 2.20. The van der Waals surface area contributed by atoms with Crippen LogP contribution in [0.25, 0.3) is 0 Å². The van der Waals surface area contributed by atoms with Crippen LogP contribution in [0.3, 0.4) is 0 Å². The molecule has 12 heavy (non-hydrogen) atoms. The Morgan fingerprint density at radius 2 is 2.17 bits per heavy atom. The number of carbonyl (C=O) groups is 1. The Bertz CT molecular complexity index is 173. The molecular weight excluding hydrogens is 170 g/mol. The molecule has 1 amide bonds. The predicted octanol–water partition coefficient (Wildman–Crippen LogP) is 1.92. The fraction of sp³-hybridized carbons (Fsp3) is 0.667. The summed E-state index contributed by atoms with van der Waals surface area (Å²) >= 11 is 1.55. The molecule has 0 heterocycles. The molecule has 1 fully saturated rings. The van der Waals surface area contributed by atoms with Crippen LogP contribution in [-0.4, -0.2) is 18.2 Å². The Morgan fingerprint density at radius 1 is 1.50 bits per heavy atom. The van der Waals surface area contributed by atoms with Crippen molar-refractivity contribution in [3.05, 3.63) is 11.5 Å². The smallest absolute Gasteiger partial charge is 0.244 e. The second kappa shape index (κ2) is 5.25. The van der Waals surface area contributed by atoms with Crippen LogP contribution in [0.2, 0.25) is 0 Å². The van der Waals surface area contributed by atoms with Gasteiger partial charge in [0.15, 0.2) is 0 Å². The van der Waals surface area contributed by atoms with E-state index in [1.807, 2.05) is 11.7 Å². The molecule has 1 N–H and O–H groups in total. The lowest BCUT2D eigenvalue weighted by Crippen LogP contribution is -2.30. The number of hydrogen-bond donors (Lipinski definition) is 1. The highest BCUT2D eigenvalue weighted by Crippen LogP contribution is 2.17. The van der Waals surface area contributed by atoms with E-state index < -0.39 is 0 Å². The van der Waals surface area contributed by atoms with Gasteiger partial charge in [0, 0.05) is 12.1 Å². The van der Waals surface area contributed by atoms with Gasteiger partial charge in [-0.3, -0.25) is 4.79 Å². The molecule has 0 aromatic carbocycles. The first-order valence-corrected chi connectivity index (χ1v) is 5.61. The molecule has 0 bridgehead atoms. The van der Waals surface area contributed by atoms with Gasteiger partial charge in [0.2, 0.25) is 5.91 Å². The first kappa shape index (κ1) is 9.65. The number of amides is 1. The van der Waals surface area contributed by atoms with Gasteiger partial charge >= 0.3 is 0 Å². The zero-order valence-corrected chi connectivity index (χ0v) is 8.19. The lowest BCUT2D eigenvalue weighted by atomic mass is 10.2. The molecule has 1 rings (SSSR count). The quantitative estimate of drug-likeness (QED) is 0.681. The minimum atomic E-state index is 0.0521. The monoisotopic (exact) mass is 185 g/mol. The summed E-state index contributed by atoms with van der Waals surface area (Å²) in [5.41, 5.74) is 0. The molecule has 0 atom stereocenters. The van der Waals surface area contributed by atoms with Gasteiger partial charge in [0.1, 0.15) is 0 Å². The van der Waals surface area contributed by atoms with Gasteiger partial charge in [-0.15, -0.1) is 11.8 Å². The third-order valence-electron chi connectivity index (χ3n) is 2.06. The van der Waals surface area contributed by atoms with E-state index in [1.54, 1.807) is 17.8 Å². The van der Waals surface area contributed by atoms with Crippen LogP contribution in [0, 0.1) is 0 Å². The summed E-state index contributed by atoms with van der Waals surface area (Å²) in [4.78, 5) is 11.1. The van der Waals surface area contributed by atoms with Crippen molar-refractivity contribution in [2.45, 2.75) is 31.7 Å². The average Bonchev–Trinajstić information content (AvgIpc) is 2.53. The zero-order valence-electron chi connectivity index (χ0n) is 7.38. The summed E-state index contributed by atoms with van der Waals surface area (Å²) in [6.07, 6.45) is 8.37. The van der Waals surface area contributed by atoms with Crippen molar-refractivity contribution in [2.24, 2.45) is 0 Å². The predicted molar refractivity (Wildman–Crippen MR) is 53.1 cm³/mol. The molecule has 0 saturated heterocycles. The third kappa shape index (κ3) is 3.30. The maximum absolute atomic E-state index is 11.1. The largest absolute Gasteiger partial charge is 0.350 e. The van der Waals surface area contributed by atoms with Crippen LogP contribution in [0.4, 0.5) is 0 Å². The van der Waals surface area contributed by atoms with Gasteiger partial charge in [-0.05, 0) is 24.5 Å². The fourth-order valence-electron chi connectivity index (χ4n) is 1.45. The van der Waals surface area contributed by atoms with Crippen LogP contribution in [0.1, 0.15) is 25.7 Å². The molecule has 1 saturated carbocycles. The minimum absolute atomic E-state index is 0.0521. The molecule has 0 radical (unpaired) electrons. The van der Waals surface area contributed by atoms with E-state index in [1.165, 1.54) is 12.8 Å². The van der Waals surface area contributed by atoms with Crippen molar-refractivity contribution in [3.8, 4) is 0 Å². The molecule has 3 heteroatoms. The maximum Gasteiger partial charge on any atom is 0.244 e. The molecular formula is C9H15NOS. The SMILES string of the molecule is CS/C=C/C(=O)NC1CCCC1. The second-order valence-electron chi connectivity index (χ2n) is 3.03. The number of carbonyl (C=O) groups excluding carboxylic acids is 1. The summed E-state index contributed by atoms with van der Waals surface area (Å²) in [5.74, 6) is 0.0521. The Morgan fingerprint density at radius 3 is 2.75 bits per heavy atom. The van der Waals surface area contributed by atoms with Gasteiger partial charge in [-0.2, -0.15) is 0 Å². The fourth-order valence-corrected chi connectivity index (χ4v) is 1.71. The summed E-state index contributed by atoms with van der Waals surface area (Å²) in [6.45, 7) is 0. The zero-order chi connectivity index (χ0) is 8.81. The maximum atomic E-state index is 11.1. The van der Waals surface area contributed by atoms with Gasteiger partial charge in [0.05, 0.1) is 0 Å². The number of hydrogen-bond acceptors (Lipinski definition) is 2. The van der Waals surface area contributed by atoms with Gasteiger partial charge in [0.25, 0.3) is 0 Å². The molecule has 0 unspecified atom stereocenters. The first-order chi connectivity index (χ1) is 5.83. The Hall–Kier alpha value is -0.440. The van der Waals surface area contributed by atoms with Crippen molar-refractivity contribution in [1.29, 1.82) is 0 Å². The number of nitrogens with one attached hydrogen (secondary N) is 1. The van der Waals surface area contributed by atoms with E-state index >= 15 is 0 Å². The van der Waals surface area contributed by atoms with E-state index in [9.17, 15) is 4.79 Å². The molecule has 2 nitrogen and oxygen atoms in total. The van der Waals surface area contributed by atoms with Crippen LogP contribution in [0.15, 0.2) is 11.5 Å². The third-order valence-corrected chi connectivity index (χ3v) is 2.47. The molecule has 1 aliphatic rings. The van der Waals surface area contributed by atoms with Crippen LogP contribution in [0.5, 0.6) is 0 Å². The summed E-state index contributed by atoms with van der Waals surface area (Å²) in [7, 11) is 0. The molecule has 0 aliphatic heterocycles. The minimum Gasteiger partial charge on any atom is -0.350 e. The van der Waals surface area contributed by atoms with Crippen molar-refractivity contribution >= 4 is 17.7 Å². The van der Waals surface area contributed by atoms with E-state index in [2.05, 4.69) is 5.32 Å². The highest BCUT2D eigenvalue weighted by molar-refractivity contribution is 8.01. The number of thioether (sulfide) groups is 1. The topological polar surface area (TPSA) is 29.1 Å². The molecule has 0 spiro atoms. The highest BCUT2D eigenvalue weighted by Gasteiger charge is 2.15. The van der Waals surface area contributed by atoms with E-state index in [0.717, 1.165) is 12.8 Å². The standard InChI is InChI=1S/C9H15NOS/c1-12-7-6-9(11)10-8-4-2-3-5-8/h6-8H,2-5H2,1H3,(H,10,11)/b7-6+. The van der Waals surface area contributed by atoms with Gasteiger partial charge in [-0.1, -0.05) is 12.8 Å². The molecule has 1 aliphatic carbocycles. The Labute approximate surface area is 77.8 Å². The van der Waals surface area contributed by atoms with Gasteiger partial charge in [-0.25, -0.2) is 0 Å². The first-order valence-electron chi connectivity index (χ1n) is 4.33. The van der Waals surface area contributed by atoms with E-state index in [0.29, 0.717) is 6.04 Å². The van der Waals surface area contributed by atoms with E-state index in [4.69, 9.17) is 0 Å². The van der Waals surface area contributed by atoms with Crippen LogP contribution < -0.4 is 5.32 Å². The van der Waals surface area contributed by atoms with Crippen molar-refractivity contribution < 1.29 is 4.79 Å². The van der Waals surface area contributed by atoms with Crippen molar-refractivity contribution in [1.82, 2.24) is 5.32 Å². The van der Waals surface area contributed by atoms with Crippen molar-refractivity contribution in [2.75, 3.05) is 6.26 Å². The molecule has 68 valence electrons. The molecule has 0 aromatic heterocycles. The van der Waals surface area contributed by atoms with Gasteiger partial charge < -0.3 is 5.32 Å². The van der Waals surface area contributed by atoms with Crippen LogP contribution >= 0.6 is 11.8 Å². The lowest BCUT2D eigenvalue weighted by molar-refractivity contribution is -0.117. The summed E-state index contributed by atoms with van der Waals surface area (Å²) in [6, 6.07) is 0.434. The summed E-state index contributed by atoms with van der Waals surface area (Å²) < 4.78 is 0. The normalized spacial score (nSPS) is 18.8. The highest BCUT2D eigenvalue weighted by atomic mass is 32.2. The summed E-state index contributed by atoms with van der Waals surface area (Å²) in [5, 5.41) is 4.78. The number of rotatable bonds is 3. The van der Waals surface area contributed by atoms with Crippen LogP contribution in [-0.2, 0) is 4.79 Å². The van der Waals surface area contributed by atoms with E-state index in [-0.39, 0.29) is 5.91 Å². The lowest BCUT2D eigenvalue weighted by Gasteiger charge is -2.08. The Kier molecular flexibility index (Phi) is 4.22.